The van der Waals surface area contributed by atoms with Crippen molar-refractivity contribution in [3.8, 4) is 6.07 Å². The summed E-state index contributed by atoms with van der Waals surface area (Å²) < 4.78 is 0. The summed E-state index contributed by atoms with van der Waals surface area (Å²) in [4.78, 5) is 7.61. The average Bonchev–Trinajstić information content (AvgIpc) is 3.09. The van der Waals surface area contributed by atoms with Gasteiger partial charge in [-0.3, -0.25) is 4.99 Å². The Bertz CT molecular complexity index is 945. The number of hydrogen-bond donors (Lipinski definition) is 3. The topological polar surface area (TPSA) is 76.0 Å². The molecule has 1 aromatic heterocycles. The molecule has 0 radical (unpaired) electrons. The lowest BCUT2D eigenvalue weighted by Crippen LogP contribution is -2.37. The fourth-order valence-electron chi connectivity index (χ4n) is 3.07. The lowest BCUT2D eigenvalue weighted by molar-refractivity contribution is 0.796. The molecule has 0 aliphatic carbocycles. The molecule has 3 N–H and O–H groups in total. The van der Waals surface area contributed by atoms with Crippen molar-refractivity contribution < 1.29 is 0 Å². The van der Waals surface area contributed by atoms with Crippen LogP contribution < -0.4 is 10.6 Å². The zero-order valence-corrected chi connectivity index (χ0v) is 15.1. The molecule has 0 amide bonds. The predicted molar refractivity (Wildman–Crippen MR) is 106 cm³/mol. The minimum Gasteiger partial charge on any atom is -0.361 e. The number of guanidine groups is 1. The molecule has 0 saturated carbocycles. The molecule has 0 unspecified atom stereocenters. The van der Waals surface area contributed by atoms with Crippen molar-refractivity contribution in [1.82, 2.24) is 15.6 Å². The standard InChI is InChI=1S/C21H23N5/c1-15-4-3-5-19-20(15)18(14-25-19)10-11-24-21(23-2)26-13-17-8-6-16(12-22)7-9-17/h3-9,14,25H,10-11,13H2,1-2H3,(H2,23,24,26). The molecular formula is C21H23N5. The van der Waals surface area contributed by atoms with Crippen molar-refractivity contribution in [1.29, 1.82) is 5.26 Å². The number of aryl methyl sites for hydroxylation is 1. The maximum absolute atomic E-state index is 8.85. The number of aliphatic imine (C=N–C) groups is 1. The highest BCUT2D eigenvalue weighted by Gasteiger charge is 2.06. The fourth-order valence-corrected chi connectivity index (χ4v) is 3.07. The van der Waals surface area contributed by atoms with Crippen molar-refractivity contribution in [2.45, 2.75) is 19.9 Å². The predicted octanol–water partition coefficient (Wildman–Crippen LogP) is 3.26. The summed E-state index contributed by atoms with van der Waals surface area (Å²) in [5.74, 6) is 0.769. The Labute approximate surface area is 153 Å². The Balaban J connectivity index is 1.53. The van der Waals surface area contributed by atoms with Gasteiger partial charge in [0.25, 0.3) is 0 Å². The third kappa shape index (κ3) is 4.04. The monoisotopic (exact) mass is 345 g/mol. The van der Waals surface area contributed by atoms with Gasteiger partial charge in [0.15, 0.2) is 5.96 Å². The first-order valence-corrected chi connectivity index (χ1v) is 8.70. The number of fused-ring (bicyclic) bond motifs is 1. The Morgan fingerprint density at radius 3 is 2.69 bits per heavy atom. The van der Waals surface area contributed by atoms with E-state index in [1.807, 2.05) is 24.3 Å². The quantitative estimate of drug-likeness (QED) is 0.491. The van der Waals surface area contributed by atoms with Crippen molar-refractivity contribution >= 4 is 16.9 Å². The van der Waals surface area contributed by atoms with E-state index in [2.05, 4.69) is 58.0 Å². The SMILES string of the molecule is CN=C(NCCc1c[nH]c2cccc(C)c12)NCc1ccc(C#N)cc1. The highest BCUT2D eigenvalue weighted by atomic mass is 15.2. The summed E-state index contributed by atoms with van der Waals surface area (Å²) >= 11 is 0. The van der Waals surface area contributed by atoms with Crippen LogP contribution in [0.15, 0.2) is 53.7 Å². The highest BCUT2D eigenvalue weighted by Crippen LogP contribution is 2.22. The van der Waals surface area contributed by atoms with Gasteiger partial charge in [0.1, 0.15) is 0 Å². The van der Waals surface area contributed by atoms with E-state index in [1.54, 1.807) is 7.05 Å². The van der Waals surface area contributed by atoms with Crippen LogP contribution >= 0.6 is 0 Å². The van der Waals surface area contributed by atoms with E-state index in [4.69, 9.17) is 5.26 Å². The Kier molecular flexibility index (Phi) is 5.55. The van der Waals surface area contributed by atoms with Crippen LogP contribution in [0.4, 0.5) is 0 Å². The molecule has 0 spiro atoms. The second kappa shape index (κ2) is 8.21. The van der Waals surface area contributed by atoms with Gasteiger partial charge in [0.05, 0.1) is 11.6 Å². The molecule has 0 bridgehead atoms. The molecule has 0 aliphatic heterocycles. The van der Waals surface area contributed by atoms with Crippen molar-refractivity contribution in [3.05, 3.63) is 70.9 Å². The van der Waals surface area contributed by atoms with Crippen molar-refractivity contribution in [3.63, 3.8) is 0 Å². The Morgan fingerprint density at radius 2 is 1.96 bits per heavy atom. The van der Waals surface area contributed by atoms with Gasteiger partial charge in [0.2, 0.25) is 0 Å². The first-order valence-electron chi connectivity index (χ1n) is 8.70. The Hall–Kier alpha value is -3.26. The number of rotatable bonds is 5. The Morgan fingerprint density at radius 1 is 1.15 bits per heavy atom. The number of hydrogen-bond acceptors (Lipinski definition) is 2. The molecular weight excluding hydrogens is 322 g/mol. The van der Waals surface area contributed by atoms with Gasteiger partial charge in [-0.15, -0.1) is 0 Å². The van der Waals surface area contributed by atoms with E-state index in [1.165, 1.54) is 22.0 Å². The molecule has 3 rings (SSSR count). The zero-order valence-electron chi connectivity index (χ0n) is 15.1. The first-order chi connectivity index (χ1) is 12.7. The molecule has 0 saturated heterocycles. The molecule has 132 valence electrons. The van der Waals surface area contributed by atoms with E-state index < -0.39 is 0 Å². The third-order valence-electron chi connectivity index (χ3n) is 4.45. The molecule has 3 aromatic rings. The highest BCUT2D eigenvalue weighted by molar-refractivity contribution is 5.86. The van der Waals surface area contributed by atoms with Crippen molar-refractivity contribution in [2.24, 2.45) is 4.99 Å². The summed E-state index contributed by atoms with van der Waals surface area (Å²) in [6.45, 7) is 3.61. The van der Waals surface area contributed by atoms with Gasteiger partial charge in [-0.25, -0.2) is 0 Å². The molecule has 5 heteroatoms. The lowest BCUT2D eigenvalue weighted by atomic mass is 10.1. The summed E-state index contributed by atoms with van der Waals surface area (Å²) in [7, 11) is 1.77. The number of nitrogens with one attached hydrogen (secondary N) is 3. The molecule has 0 fully saturated rings. The summed E-state index contributed by atoms with van der Waals surface area (Å²) in [6, 6.07) is 16.0. The van der Waals surface area contributed by atoms with E-state index in [0.29, 0.717) is 12.1 Å². The van der Waals surface area contributed by atoms with Gasteiger partial charge in [-0.05, 0) is 48.2 Å². The number of nitriles is 1. The maximum Gasteiger partial charge on any atom is 0.191 e. The van der Waals surface area contributed by atoms with E-state index >= 15 is 0 Å². The normalized spacial score (nSPS) is 11.3. The molecule has 2 aromatic carbocycles. The van der Waals surface area contributed by atoms with Crippen LogP contribution in [0.1, 0.15) is 22.3 Å². The summed E-state index contributed by atoms with van der Waals surface area (Å²) in [5.41, 5.74) is 5.57. The number of aromatic nitrogens is 1. The summed E-state index contributed by atoms with van der Waals surface area (Å²) in [5, 5.41) is 16.8. The fraction of sp³-hybridized carbons (Fsp3) is 0.238. The number of nitrogens with zero attached hydrogens (tertiary/aromatic N) is 2. The second-order valence-electron chi connectivity index (χ2n) is 6.22. The van der Waals surface area contributed by atoms with Gasteiger partial charge in [0, 0.05) is 37.2 Å². The van der Waals surface area contributed by atoms with Crippen LogP contribution in [0.5, 0.6) is 0 Å². The number of benzene rings is 2. The lowest BCUT2D eigenvalue weighted by Gasteiger charge is -2.12. The van der Waals surface area contributed by atoms with Crippen LogP contribution in [0, 0.1) is 18.3 Å². The zero-order chi connectivity index (χ0) is 18.4. The molecule has 26 heavy (non-hydrogen) atoms. The van der Waals surface area contributed by atoms with E-state index in [-0.39, 0.29) is 0 Å². The number of H-pyrrole nitrogens is 1. The largest absolute Gasteiger partial charge is 0.361 e. The van der Waals surface area contributed by atoms with Gasteiger partial charge in [-0.2, -0.15) is 5.26 Å². The van der Waals surface area contributed by atoms with Crippen molar-refractivity contribution in [2.75, 3.05) is 13.6 Å². The third-order valence-corrected chi connectivity index (χ3v) is 4.45. The van der Waals surface area contributed by atoms with Crippen LogP contribution in [-0.4, -0.2) is 24.5 Å². The molecule has 0 atom stereocenters. The molecule has 0 aliphatic rings. The van der Waals surface area contributed by atoms with Gasteiger partial charge < -0.3 is 15.6 Å². The van der Waals surface area contributed by atoms with Crippen LogP contribution in [0.25, 0.3) is 10.9 Å². The first kappa shape index (κ1) is 17.6. The minimum absolute atomic E-state index is 0.664. The molecule has 5 nitrogen and oxygen atoms in total. The summed E-state index contributed by atoms with van der Waals surface area (Å²) in [6.07, 6.45) is 3.01. The van der Waals surface area contributed by atoms with Crippen LogP contribution in [-0.2, 0) is 13.0 Å². The van der Waals surface area contributed by atoms with Crippen LogP contribution in [0.2, 0.25) is 0 Å². The maximum atomic E-state index is 8.85. The average molecular weight is 345 g/mol. The van der Waals surface area contributed by atoms with Crippen LogP contribution in [0.3, 0.4) is 0 Å². The van der Waals surface area contributed by atoms with Gasteiger partial charge in [-0.1, -0.05) is 24.3 Å². The minimum atomic E-state index is 0.664. The van der Waals surface area contributed by atoms with E-state index in [0.717, 1.165) is 24.5 Å². The van der Waals surface area contributed by atoms with Gasteiger partial charge >= 0.3 is 0 Å². The molecule has 1 heterocycles. The number of aromatic amines is 1. The smallest absolute Gasteiger partial charge is 0.191 e. The second-order valence-corrected chi connectivity index (χ2v) is 6.22. The van der Waals surface area contributed by atoms with E-state index in [9.17, 15) is 0 Å².